The lowest BCUT2D eigenvalue weighted by Gasteiger charge is -2.56. The fourth-order valence-corrected chi connectivity index (χ4v) is 7.97. The lowest BCUT2D eigenvalue weighted by molar-refractivity contribution is -0.229. The van der Waals surface area contributed by atoms with E-state index in [1.165, 1.54) is 5.56 Å². The second-order valence-corrected chi connectivity index (χ2v) is 11.5. The number of benzene rings is 1. The molecule has 10 unspecified atom stereocenters. The van der Waals surface area contributed by atoms with Crippen LogP contribution in [0.25, 0.3) is 10.9 Å². The van der Waals surface area contributed by atoms with E-state index in [2.05, 4.69) is 18.7 Å². The third-order valence-corrected chi connectivity index (χ3v) is 9.71. The molecular formula is C29H40N2O7. The van der Waals surface area contributed by atoms with Crippen LogP contribution in [0.4, 0.5) is 4.79 Å². The maximum absolute atomic E-state index is 13.4. The van der Waals surface area contributed by atoms with Gasteiger partial charge < -0.3 is 29.5 Å². The van der Waals surface area contributed by atoms with Gasteiger partial charge in [0, 0.05) is 42.6 Å². The van der Waals surface area contributed by atoms with Crippen molar-refractivity contribution < 1.29 is 34.3 Å². The van der Waals surface area contributed by atoms with Gasteiger partial charge in [-0.3, -0.25) is 4.90 Å². The van der Waals surface area contributed by atoms with Gasteiger partial charge in [0.2, 0.25) is 6.29 Å². The maximum atomic E-state index is 13.4. The predicted molar refractivity (Wildman–Crippen MR) is 140 cm³/mol. The number of hydrogen-bond donors (Lipinski definition) is 3. The number of aliphatic hydroxyl groups is 3. The Morgan fingerprint density at radius 3 is 2.76 bits per heavy atom. The van der Waals surface area contributed by atoms with E-state index in [1.54, 1.807) is 0 Å². The van der Waals surface area contributed by atoms with Gasteiger partial charge in [-0.2, -0.15) is 0 Å². The first-order valence-corrected chi connectivity index (χ1v) is 14.2. The molecule has 9 nitrogen and oxygen atoms in total. The quantitative estimate of drug-likeness (QED) is 0.543. The predicted octanol–water partition coefficient (Wildman–Crippen LogP) is 2.86. The Balaban J connectivity index is 1.41. The molecule has 3 N–H and O–H groups in total. The molecule has 5 heterocycles. The third kappa shape index (κ3) is 4.05. The number of aliphatic hydroxyl groups excluding tert-OH is 3. The molecule has 0 radical (unpaired) electrons. The van der Waals surface area contributed by atoms with Crippen molar-refractivity contribution in [2.45, 2.75) is 83.0 Å². The summed E-state index contributed by atoms with van der Waals surface area (Å²) in [4.78, 5) is 16.1. The molecule has 1 aromatic carbocycles. The smallest absolute Gasteiger partial charge is 0.418 e. The SMILES string of the molecule is CCOC(=O)n1c2c(c3cc(OC4CC(O)C(O)C(CO)O4)ccc31)CCN1CC3CC2C1C(CC)C3C. The number of rotatable bonds is 5. The van der Waals surface area contributed by atoms with E-state index < -0.39 is 31.2 Å². The Morgan fingerprint density at radius 2 is 2.03 bits per heavy atom. The van der Waals surface area contributed by atoms with Crippen molar-refractivity contribution in [1.82, 2.24) is 9.47 Å². The van der Waals surface area contributed by atoms with Crippen LogP contribution in [0.3, 0.4) is 0 Å². The zero-order valence-corrected chi connectivity index (χ0v) is 22.5. The normalized spacial score (nSPS) is 38.1. The molecule has 4 aliphatic heterocycles. The summed E-state index contributed by atoms with van der Waals surface area (Å²) in [5, 5.41) is 30.8. The highest BCUT2D eigenvalue weighted by atomic mass is 16.7. The molecule has 2 aromatic rings. The molecule has 5 aliphatic rings. The summed E-state index contributed by atoms with van der Waals surface area (Å²) >= 11 is 0. The van der Waals surface area contributed by atoms with E-state index in [1.807, 2.05) is 29.7 Å². The van der Waals surface area contributed by atoms with Crippen LogP contribution in [0.15, 0.2) is 18.2 Å². The third-order valence-electron chi connectivity index (χ3n) is 9.71. The Labute approximate surface area is 223 Å². The van der Waals surface area contributed by atoms with Gasteiger partial charge in [0.1, 0.15) is 18.0 Å². The lowest BCUT2D eigenvalue weighted by Crippen LogP contribution is -2.59. The highest BCUT2D eigenvalue weighted by Crippen LogP contribution is 2.54. The first-order chi connectivity index (χ1) is 18.4. The van der Waals surface area contributed by atoms with Crippen LogP contribution in [-0.2, 0) is 15.9 Å². The summed E-state index contributed by atoms with van der Waals surface area (Å²) in [6.45, 7) is 8.54. The molecule has 7 rings (SSSR count). The fourth-order valence-electron chi connectivity index (χ4n) is 7.97. The molecule has 1 aromatic heterocycles. The Bertz CT molecular complexity index is 1200. The molecule has 0 amide bonds. The fraction of sp³-hybridized carbons (Fsp3) is 0.690. The van der Waals surface area contributed by atoms with E-state index in [0.29, 0.717) is 36.2 Å². The summed E-state index contributed by atoms with van der Waals surface area (Å²) in [7, 11) is 0. The molecule has 1 aliphatic carbocycles. The molecule has 38 heavy (non-hydrogen) atoms. The number of fused-ring (bicyclic) bond motifs is 4. The van der Waals surface area contributed by atoms with Crippen LogP contribution in [0.5, 0.6) is 5.75 Å². The Kier molecular flexibility index (Phi) is 6.93. The number of carbonyl (C=O) groups excluding carboxylic acids is 1. The number of piperidine rings is 2. The van der Waals surface area contributed by atoms with Gasteiger partial charge in [-0.15, -0.1) is 0 Å². The van der Waals surface area contributed by atoms with Gasteiger partial charge in [0.15, 0.2) is 0 Å². The molecule has 4 bridgehead atoms. The minimum atomic E-state index is -1.16. The molecule has 208 valence electrons. The first-order valence-electron chi connectivity index (χ1n) is 14.2. The molecule has 1 saturated carbocycles. The number of nitrogens with zero attached hydrogens (tertiary/aromatic N) is 2. The topological polar surface area (TPSA) is 114 Å². The van der Waals surface area contributed by atoms with Crippen LogP contribution in [0, 0.1) is 17.8 Å². The minimum Gasteiger partial charge on any atom is -0.465 e. The van der Waals surface area contributed by atoms with Crippen LogP contribution in [-0.4, -0.2) is 87.8 Å². The van der Waals surface area contributed by atoms with Crippen molar-refractivity contribution in [3.05, 3.63) is 29.5 Å². The van der Waals surface area contributed by atoms with E-state index in [4.69, 9.17) is 14.2 Å². The van der Waals surface area contributed by atoms with Crippen molar-refractivity contribution in [2.24, 2.45) is 17.8 Å². The zero-order chi connectivity index (χ0) is 26.7. The van der Waals surface area contributed by atoms with Gasteiger partial charge in [-0.05, 0) is 61.3 Å². The highest BCUT2D eigenvalue weighted by molar-refractivity contribution is 5.95. The minimum absolute atomic E-state index is 0.0916. The van der Waals surface area contributed by atoms with Crippen LogP contribution in [0.2, 0.25) is 0 Å². The van der Waals surface area contributed by atoms with Gasteiger partial charge in [-0.25, -0.2) is 9.36 Å². The average molecular weight is 529 g/mol. The molecular weight excluding hydrogens is 488 g/mol. The molecule has 3 saturated heterocycles. The van der Waals surface area contributed by atoms with E-state index in [0.717, 1.165) is 48.9 Å². The molecule has 10 atom stereocenters. The van der Waals surface area contributed by atoms with Crippen molar-refractivity contribution in [3.63, 3.8) is 0 Å². The summed E-state index contributed by atoms with van der Waals surface area (Å²) in [6, 6.07) is 6.10. The molecule has 0 spiro atoms. The Hall–Kier alpha value is -2.17. The number of ether oxygens (including phenoxy) is 3. The summed E-state index contributed by atoms with van der Waals surface area (Å²) < 4.78 is 19.2. The van der Waals surface area contributed by atoms with Crippen LogP contribution < -0.4 is 4.74 Å². The molecule has 4 fully saturated rings. The van der Waals surface area contributed by atoms with Gasteiger partial charge in [-0.1, -0.05) is 20.3 Å². The standard InChI is InChI=1S/C29H40N2O7/c1-4-18-15(3)16-10-21-26(18)30(13-16)9-8-19-20-11-17(37-25-12-23(33)28(34)24(14-32)38-25)6-7-22(20)31(27(19)21)29(35)36-5-2/h6-7,11,15-16,18,21,23-26,28,32-34H,4-5,8-10,12-14H2,1-3H3. The van der Waals surface area contributed by atoms with Crippen LogP contribution in [0.1, 0.15) is 57.2 Å². The van der Waals surface area contributed by atoms with Gasteiger partial charge >= 0.3 is 6.09 Å². The first kappa shape index (κ1) is 26.1. The van der Waals surface area contributed by atoms with E-state index >= 15 is 0 Å². The van der Waals surface area contributed by atoms with E-state index in [-0.39, 0.29) is 18.4 Å². The molecule has 9 heteroatoms. The van der Waals surface area contributed by atoms with Crippen LogP contribution >= 0.6 is 0 Å². The van der Waals surface area contributed by atoms with Crippen molar-refractivity contribution in [1.29, 1.82) is 0 Å². The number of hydrogen-bond acceptors (Lipinski definition) is 8. The lowest BCUT2D eigenvalue weighted by atomic mass is 9.60. The summed E-state index contributed by atoms with van der Waals surface area (Å²) in [5.41, 5.74) is 3.12. The second-order valence-electron chi connectivity index (χ2n) is 11.5. The van der Waals surface area contributed by atoms with E-state index in [9.17, 15) is 20.1 Å². The van der Waals surface area contributed by atoms with Crippen molar-refractivity contribution in [2.75, 3.05) is 26.3 Å². The number of aromatic nitrogens is 1. The second kappa shape index (κ2) is 10.1. The monoisotopic (exact) mass is 528 g/mol. The van der Waals surface area contributed by atoms with Crippen molar-refractivity contribution >= 4 is 17.0 Å². The highest BCUT2D eigenvalue weighted by Gasteiger charge is 2.53. The largest absolute Gasteiger partial charge is 0.465 e. The summed E-state index contributed by atoms with van der Waals surface area (Å²) in [6.07, 6.45) is -1.08. The zero-order valence-electron chi connectivity index (χ0n) is 22.5. The van der Waals surface area contributed by atoms with Crippen molar-refractivity contribution in [3.8, 4) is 5.75 Å². The Morgan fingerprint density at radius 1 is 1.21 bits per heavy atom. The van der Waals surface area contributed by atoms with Gasteiger partial charge in [0.05, 0.1) is 24.8 Å². The number of carbonyl (C=O) groups is 1. The maximum Gasteiger partial charge on any atom is 0.418 e. The van der Waals surface area contributed by atoms with Gasteiger partial charge in [0.25, 0.3) is 0 Å². The average Bonchev–Trinajstić information content (AvgIpc) is 3.18. The summed E-state index contributed by atoms with van der Waals surface area (Å²) in [5.74, 6) is 2.75.